The van der Waals surface area contributed by atoms with E-state index in [1.807, 2.05) is 18.7 Å². The molecule has 1 rings (SSSR count). The highest BCUT2D eigenvalue weighted by Gasteiger charge is 2.21. The fourth-order valence-corrected chi connectivity index (χ4v) is 1.74. The summed E-state index contributed by atoms with van der Waals surface area (Å²) in [7, 11) is 1.30. The number of nitrogens with zero attached hydrogens (tertiary/aromatic N) is 1. The average Bonchev–Trinajstić information content (AvgIpc) is 2.85. The second kappa shape index (κ2) is 7.69. The van der Waals surface area contributed by atoms with Crippen molar-refractivity contribution in [3.05, 3.63) is 23.7 Å². The molecule has 0 amide bonds. The molecule has 0 N–H and O–H groups in total. The highest BCUT2D eigenvalue weighted by Crippen LogP contribution is 2.16. The Bertz CT molecular complexity index is 452. The fourth-order valence-electron chi connectivity index (χ4n) is 1.74. The van der Waals surface area contributed by atoms with Gasteiger partial charge in [0.25, 0.3) is 0 Å². The molecule has 0 radical (unpaired) electrons. The third kappa shape index (κ3) is 4.38. The van der Waals surface area contributed by atoms with Crippen LogP contribution in [0.1, 0.15) is 36.9 Å². The van der Waals surface area contributed by atoms with Crippen LogP contribution in [-0.4, -0.2) is 43.1 Å². The molecule has 112 valence electrons. The largest absolute Gasteiger partial charge is 0.465 e. The van der Waals surface area contributed by atoms with Crippen molar-refractivity contribution < 1.29 is 23.5 Å². The summed E-state index contributed by atoms with van der Waals surface area (Å²) < 4.78 is 14.7. The highest BCUT2D eigenvalue weighted by molar-refractivity contribution is 5.87. The summed E-state index contributed by atoms with van der Waals surface area (Å²) in [5.41, 5.74) is 0.690. The molecule has 0 aliphatic carbocycles. The first kappa shape index (κ1) is 16.2. The SMILES string of the molecule is CCOC(=O)CN(Cc1ccoc1C(=O)OC)C(C)C. The number of rotatable bonds is 7. The van der Waals surface area contributed by atoms with Crippen LogP contribution >= 0.6 is 0 Å². The number of esters is 2. The first-order chi connectivity index (χ1) is 9.49. The maximum absolute atomic E-state index is 11.6. The zero-order valence-corrected chi connectivity index (χ0v) is 12.3. The molecule has 0 spiro atoms. The average molecular weight is 283 g/mol. The normalized spacial score (nSPS) is 10.9. The van der Waals surface area contributed by atoms with Crippen molar-refractivity contribution in [2.75, 3.05) is 20.3 Å². The van der Waals surface area contributed by atoms with Crippen LogP contribution in [0.3, 0.4) is 0 Å². The summed E-state index contributed by atoms with van der Waals surface area (Å²) in [5, 5.41) is 0. The molecule has 6 nitrogen and oxygen atoms in total. The van der Waals surface area contributed by atoms with Crippen LogP contribution in [0, 0.1) is 0 Å². The number of ether oxygens (including phenoxy) is 2. The molecule has 0 atom stereocenters. The topological polar surface area (TPSA) is 69.0 Å². The van der Waals surface area contributed by atoms with Gasteiger partial charge in [-0.15, -0.1) is 0 Å². The summed E-state index contributed by atoms with van der Waals surface area (Å²) in [6.07, 6.45) is 1.43. The Hall–Kier alpha value is -1.82. The van der Waals surface area contributed by atoms with Gasteiger partial charge in [0, 0.05) is 18.2 Å². The summed E-state index contributed by atoms with van der Waals surface area (Å²) in [6, 6.07) is 1.83. The van der Waals surface area contributed by atoms with Gasteiger partial charge >= 0.3 is 11.9 Å². The molecule has 0 bridgehead atoms. The molecule has 0 aromatic carbocycles. The molecule has 0 aliphatic rings. The molecule has 0 unspecified atom stereocenters. The zero-order valence-electron chi connectivity index (χ0n) is 12.3. The number of carbonyl (C=O) groups is 2. The molecular formula is C14H21NO5. The van der Waals surface area contributed by atoms with Crippen molar-refractivity contribution in [2.45, 2.75) is 33.4 Å². The van der Waals surface area contributed by atoms with E-state index in [4.69, 9.17) is 9.15 Å². The Balaban J connectivity index is 2.78. The van der Waals surface area contributed by atoms with E-state index in [1.165, 1.54) is 13.4 Å². The van der Waals surface area contributed by atoms with Crippen LogP contribution in [-0.2, 0) is 20.8 Å². The molecule has 0 fully saturated rings. The van der Waals surface area contributed by atoms with Gasteiger partial charge in [-0.05, 0) is 26.8 Å². The van der Waals surface area contributed by atoms with Gasteiger partial charge in [-0.1, -0.05) is 0 Å². The molecule has 6 heteroatoms. The third-order valence-electron chi connectivity index (χ3n) is 2.86. The van der Waals surface area contributed by atoms with Crippen molar-refractivity contribution in [3.8, 4) is 0 Å². The number of carbonyl (C=O) groups excluding carboxylic acids is 2. The molecule has 20 heavy (non-hydrogen) atoms. The van der Waals surface area contributed by atoms with Gasteiger partial charge in [-0.2, -0.15) is 0 Å². The van der Waals surface area contributed by atoms with Gasteiger partial charge in [-0.25, -0.2) is 4.79 Å². The number of hydrogen-bond donors (Lipinski definition) is 0. The smallest absolute Gasteiger partial charge is 0.374 e. The highest BCUT2D eigenvalue weighted by atomic mass is 16.5. The van der Waals surface area contributed by atoms with Crippen molar-refractivity contribution >= 4 is 11.9 Å². The van der Waals surface area contributed by atoms with E-state index in [0.29, 0.717) is 18.7 Å². The lowest BCUT2D eigenvalue weighted by molar-refractivity contribution is -0.145. The molecule has 1 heterocycles. The minimum absolute atomic E-state index is 0.125. The molecule has 1 aromatic heterocycles. The number of methoxy groups -OCH3 is 1. The van der Waals surface area contributed by atoms with Crippen molar-refractivity contribution in [1.82, 2.24) is 4.90 Å². The van der Waals surface area contributed by atoms with E-state index >= 15 is 0 Å². The van der Waals surface area contributed by atoms with E-state index in [0.717, 1.165) is 0 Å². The van der Waals surface area contributed by atoms with Gasteiger partial charge in [-0.3, -0.25) is 9.69 Å². The monoisotopic (exact) mass is 283 g/mol. The van der Waals surface area contributed by atoms with Gasteiger partial charge in [0.05, 0.1) is 26.5 Å². The Morgan fingerprint density at radius 2 is 2.10 bits per heavy atom. The standard InChI is InChI=1S/C14H21NO5/c1-5-19-12(16)9-15(10(2)3)8-11-6-7-20-13(11)14(17)18-4/h6-7,10H,5,8-9H2,1-4H3. The fraction of sp³-hybridized carbons (Fsp3) is 0.571. The maximum Gasteiger partial charge on any atom is 0.374 e. The number of furan rings is 1. The van der Waals surface area contributed by atoms with E-state index in [2.05, 4.69) is 4.74 Å². The van der Waals surface area contributed by atoms with Crippen molar-refractivity contribution in [1.29, 1.82) is 0 Å². The Morgan fingerprint density at radius 3 is 2.65 bits per heavy atom. The van der Waals surface area contributed by atoms with Crippen LogP contribution in [0.2, 0.25) is 0 Å². The summed E-state index contributed by atoms with van der Waals surface area (Å²) in [4.78, 5) is 25.0. The van der Waals surface area contributed by atoms with Gasteiger partial charge in [0.1, 0.15) is 0 Å². The summed E-state index contributed by atoms with van der Waals surface area (Å²) in [6.45, 7) is 6.63. The van der Waals surface area contributed by atoms with Crippen LogP contribution in [0.4, 0.5) is 0 Å². The lowest BCUT2D eigenvalue weighted by atomic mass is 10.2. The molecule has 0 saturated heterocycles. The lowest BCUT2D eigenvalue weighted by Crippen LogP contribution is -2.36. The zero-order chi connectivity index (χ0) is 15.1. The van der Waals surface area contributed by atoms with Crippen LogP contribution in [0.15, 0.2) is 16.7 Å². The lowest BCUT2D eigenvalue weighted by Gasteiger charge is -2.25. The second-order valence-corrected chi connectivity index (χ2v) is 4.57. The van der Waals surface area contributed by atoms with Crippen molar-refractivity contribution in [3.63, 3.8) is 0 Å². The van der Waals surface area contributed by atoms with Gasteiger partial charge < -0.3 is 13.9 Å². The molecule has 1 aromatic rings. The molecule has 0 saturated carbocycles. The van der Waals surface area contributed by atoms with Crippen LogP contribution in [0.5, 0.6) is 0 Å². The summed E-state index contributed by atoms with van der Waals surface area (Å²) in [5.74, 6) is -0.642. The minimum Gasteiger partial charge on any atom is -0.465 e. The Morgan fingerprint density at radius 1 is 1.40 bits per heavy atom. The predicted molar refractivity (Wildman–Crippen MR) is 72.2 cm³/mol. The maximum atomic E-state index is 11.6. The summed E-state index contributed by atoms with van der Waals surface area (Å²) >= 11 is 0. The van der Waals surface area contributed by atoms with Crippen molar-refractivity contribution in [2.24, 2.45) is 0 Å². The van der Waals surface area contributed by atoms with E-state index in [1.54, 1.807) is 13.0 Å². The Labute approximate surface area is 118 Å². The van der Waals surface area contributed by atoms with Crippen LogP contribution in [0.25, 0.3) is 0 Å². The third-order valence-corrected chi connectivity index (χ3v) is 2.86. The first-order valence-corrected chi connectivity index (χ1v) is 6.53. The van der Waals surface area contributed by atoms with Crippen LogP contribution < -0.4 is 0 Å². The number of hydrogen-bond acceptors (Lipinski definition) is 6. The minimum atomic E-state index is -0.523. The first-order valence-electron chi connectivity index (χ1n) is 6.53. The van der Waals surface area contributed by atoms with E-state index in [9.17, 15) is 9.59 Å². The quantitative estimate of drug-likeness (QED) is 0.711. The van der Waals surface area contributed by atoms with Gasteiger partial charge in [0.2, 0.25) is 5.76 Å². The van der Waals surface area contributed by atoms with Gasteiger partial charge in [0.15, 0.2) is 0 Å². The van der Waals surface area contributed by atoms with E-state index in [-0.39, 0.29) is 24.3 Å². The predicted octanol–water partition coefficient (Wildman–Crippen LogP) is 1.84. The Kier molecular flexibility index (Phi) is 6.24. The molecule has 0 aliphatic heterocycles. The second-order valence-electron chi connectivity index (χ2n) is 4.57. The molecular weight excluding hydrogens is 262 g/mol. The van der Waals surface area contributed by atoms with E-state index < -0.39 is 5.97 Å².